The molecular formula is C15H17F3N2O. The summed E-state index contributed by atoms with van der Waals surface area (Å²) in [6.07, 6.45) is -4.79. The fourth-order valence-corrected chi connectivity index (χ4v) is 2.69. The Morgan fingerprint density at radius 3 is 2.43 bits per heavy atom. The van der Waals surface area contributed by atoms with Crippen molar-refractivity contribution in [1.29, 1.82) is 5.26 Å². The topological polar surface area (TPSA) is 47.3 Å². The minimum absolute atomic E-state index is 0.0412. The first kappa shape index (κ1) is 15.6. The second-order valence-corrected chi connectivity index (χ2v) is 5.36. The number of anilines is 1. The molecule has 0 spiro atoms. The van der Waals surface area contributed by atoms with Crippen molar-refractivity contribution in [3.05, 3.63) is 29.3 Å². The molecule has 1 heterocycles. The Bertz CT molecular complexity index is 541. The summed E-state index contributed by atoms with van der Waals surface area (Å²) < 4.78 is 38.1. The number of benzene rings is 1. The van der Waals surface area contributed by atoms with Gasteiger partial charge < -0.3 is 10.0 Å². The monoisotopic (exact) mass is 298 g/mol. The molecule has 114 valence electrons. The van der Waals surface area contributed by atoms with Crippen LogP contribution in [0.25, 0.3) is 0 Å². The van der Waals surface area contributed by atoms with E-state index >= 15 is 0 Å². The maximum absolute atomic E-state index is 12.7. The normalized spacial score (nSPS) is 18.4. The summed E-state index contributed by atoms with van der Waals surface area (Å²) in [6.45, 7) is 2.16. The minimum Gasteiger partial charge on any atom is -0.389 e. The molecule has 0 radical (unpaired) electrons. The molecule has 0 saturated carbocycles. The molecule has 21 heavy (non-hydrogen) atoms. The van der Waals surface area contributed by atoms with Crippen LogP contribution in [0.3, 0.4) is 0 Å². The average Bonchev–Trinajstić information content (AvgIpc) is 2.45. The summed E-state index contributed by atoms with van der Waals surface area (Å²) in [7, 11) is 0. The molecule has 6 heteroatoms. The first-order valence-electron chi connectivity index (χ1n) is 6.86. The molecule has 0 aromatic heterocycles. The number of aliphatic hydroxyl groups is 1. The molecule has 1 atom stereocenters. The summed E-state index contributed by atoms with van der Waals surface area (Å²) in [5, 5.41) is 18.7. The van der Waals surface area contributed by atoms with Gasteiger partial charge in [0, 0.05) is 24.3 Å². The lowest BCUT2D eigenvalue weighted by molar-refractivity contribution is -0.179. The Kier molecular flexibility index (Phi) is 4.43. The van der Waals surface area contributed by atoms with E-state index < -0.39 is 18.2 Å². The quantitative estimate of drug-likeness (QED) is 0.910. The van der Waals surface area contributed by atoms with Gasteiger partial charge in [0.1, 0.15) is 0 Å². The Hall–Kier alpha value is -1.74. The van der Waals surface area contributed by atoms with Gasteiger partial charge in [-0.3, -0.25) is 0 Å². The maximum Gasteiger partial charge on any atom is 0.391 e. The zero-order chi connectivity index (χ0) is 15.6. The predicted molar refractivity (Wildman–Crippen MR) is 72.8 cm³/mol. The van der Waals surface area contributed by atoms with E-state index in [1.807, 2.05) is 11.0 Å². The van der Waals surface area contributed by atoms with E-state index in [0.717, 1.165) is 0 Å². The molecule has 3 nitrogen and oxygen atoms in total. The zero-order valence-corrected chi connectivity index (χ0v) is 11.7. The lowest BCUT2D eigenvalue weighted by Gasteiger charge is -2.35. The number of hydrogen-bond donors (Lipinski definition) is 1. The first-order valence-corrected chi connectivity index (χ1v) is 6.86. The molecule has 0 unspecified atom stereocenters. The van der Waals surface area contributed by atoms with Crippen molar-refractivity contribution >= 4 is 5.69 Å². The van der Waals surface area contributed by atoms with Crippen LogP contribution in [-0.4, -0.2) is 24.4 Å². The predicted octanol–water partition coefficient (Wildman–Crippen LogP) is 3.39. The number of nitrogens with zero attached hydrogens (tertiary/aromatic N) is 2. The van der Waals surface area contributed by atoms with Crippen molar-refractivity contribution in [2.24, 2.45) is 5.92 Å². The average molecular weight is 298 g/mol. The Balaban J connectivity index is 2.21. The Morgan fingerprint density at radius 1 is 1.33 bits per heavy atom. The van der Waals surface area contributed by atoms with Gasteiger partial charge in [-0.25, -0.2) is 0 Å². The van der Waals surface area contributed by atoms with Crippen LogP contribution >= 0.6 is 0 Å². The van der Waals surface area contributed by atoms with E-state index in [1.54, 1.807) is 25.1 Å². The summed E-state index contributed by atoms with van der Waals surface area (Å²) in [5.74, 6) is -1.26. The molecule has 1 aromatic rings. The van der Waals surface area contributed by atoms with Gasteiger partial charge in [-0.2, -0.15) is 18.4 Å². The van der Waals surface area contributed by atoms with Gasteiger partial charge in [0.15, 0.2) is 0 Å². The molecule has 1 N–H and O–H groups in total. The van der Waals surface area contributed by atoms with Gasteiger partial charge in [-0.05, 0) is 31.9 Å². The molecule has 0 amide bonds. The van der Waals surface area contributed by atoms with E-state index in [0.29, 0.717) is 16.8 Å². The lowest BCUT2D eigenvalue weighted by Crippen LogP contribution is -2.39. The van der Waals surface area contributed by atoms with Crippen LogP contribution in [0.4, 0.5) is 18.9 Å². The van der Waals surface area contributed by atoms with Crippen LogP contribution in [0.1, 0.15) is 37.0 Å². The number of rotatable bonds is 2. The van der Waals surface area contributed by atoms with Crippen molar-refractivity contribution in [1.82, 2.24) is 0 Å². The summed E-state index contributed by atoms with van der Waals surface area (Å²) in [5.41, 5.74) is 1.73. The van der Waals surface area contributed by atoms with Gasteiger partial charge in [0.05, 0.1) is 23.7 Å². The molecule has 1 aliphatic rings. The van der Waals surface area contributed by atoms with E-state index in [9.17, 15) is 18.3 Å². The molecule has 1 aliphatic heterocycles. The highest BCUT2D eigenvalue weighted by Gasteiger charge is 2.41. The SMILES string of the molecule is C[C@@H](O)c1ccc(C#N)cc1N1CCC(C(F)(F)F)CC1. The summed E-state index contributed by atoms with van der Waals surface area (Å²) in [6, 6.07) is 6.92. The second kappa shape index (κ2) is 5.94. The van der Waals surface area contributed by atoms with E-state index in [1.165, 1.54) is 0 Å². The number of halogens is 3. The number of piperidine rings is 1. The summed E-state index contributed by atoms with van der Waals surface area (Å²) in [4.78, 5) is 1.82. The van der Waals surface area contributed by atoms with Crippen LogP contribution in [0.2, 0.25) is 0 Å². The van der Waals surface area contributed by atoms with Crippen molar-refractivity contribution in [2.45, 2.75) is 32.0 Å². The molecular weight excluding hydrogens is 281 g/mol. The molecule has 1 fully saturated rings. The molecule has 2 rings (SSSR count). The standard InChI is InChI=1S/C15H17F3N2O/c1-10(21)13-3-2-11(9-19)8-14(13)20-6-4-12(5-7-20)15(16,17)18/h2-3,8,10,12,21H,4-7H2,1H3/t10-/m1/s1. The molecule has 0 aliphatic carbocycles. The third-order valence-electron chi connectivity index (χ3n) is 3.91. The van der Waals surface area contributed by atoms with Crippen LogP contribution in [0.5, 0.6) is 0 Å². The van der Waals surface area contributed by atoms with Crippen LogP contribution in [-0.2, 0) is 0 Å². The van der Waals surface area contributed by atoms with Crippen molar-refractivity contribution in [3.8, 4) is 6.07 Å². The number of alkyl halides is 3. The van der Waals surface area contributed by atoms with Crippen molar-refractivity contribution in [3.63, 3.8) is 0 Å². The summed E-state index contributed by atoms with van der Waals surface area (Å²) >= 11 is 0. The van der Waals surface area contributed by atoms with Gasteiger partial charge in [-0.15, -0.1) is 0 Å². The number of aliphatic hydroxyl groups excluding tert-OH is 1. The van der Waals surface area contributed by atoms with Crippen LogP contribution in [0, 0.1) is 17.2 Å². The zero-order valence-electron chi connectivity index (χ0n) is 11.7. The molecule has 0 bridgehead atoms. The third kappa shape index (κ3) is 3.48. The highest BCUT2D eigenvalue weighted by Crippen LogP contribution is 2.37. The Morgan fingerprint density at radius 2 is 1.95 bits per heavy atom. The molecule has 1 saturated heterocycles. The van der Waals surface area contributed by atoms with Crippen molar-refractivity contribution < 1.29 is 18.3 Å². The third-order valence-corrected chi connectivity index (χ3v) is 3.91. The second-order valence-electron chi connectivity index (χ2n) is 5.36. The number of hydrogen-bond acceptors (Lipinski definition) is 3. The molecule has 1 aromatic carbocycles. The fourth-order valence-electron chi connectivity index (χ4n) is 2.69. The smallest absolute Gasteiger partial charge is 0.389 e. The fraction of sp³-hybridized carbons (Fsp3) is 0.533. The van der Waals surface area contributed by atoms with E-state index in [2.05, 4.69) is 0 Å². The highest BCUT2D eigenvalue weighted by molar-refractivity contribution is 5.58. The van der Waals surface area contributed by atoms with Gasteiger partial charge in [-0.1, -0.05) is 6.07 Å². The van der Waals surface area contributed by atoms with Gasteiger partial charge in [0.25, 0.3) is 0 Å². The van der Waals surface area contributed by atoms with Gasteiger partial charge in [0.2, 0.25) is 0 Å². The lowest BCUT2D eigenvalue weighted by atomic mass is 9.94. The Labute approximate surface area is 121 Å². The van der Waals surface area contributed by atoms with Crippen molar-refractivity contribution in [2.75, 3.05) is 18.0 Å². The van der Waals surface area contributed by atoms with Gasteiger partial charge >= 0.3 is 6.18 Å². The number of nitriles is 1. The maximum atomic E-state index is 12.7. The largest absolute Gasteiger partial charge is 0.391 e. The highest BCUT2D eigenvalue weighted by atomic mass is 19.4. The minimum atomic E-state index is -4.15. The van der Waals surface area contributed by atoms with E-state index in [-0.39, 0.29) is 25.9 Å². The van der Waals surface area contributed by atoms with E-state index in [4.69, 9.17) is 5.26 Å². The van der Waals surface area contributed by atoms with Crippen LogP contribution in [0.15, 0.2) is 18.2 Å². The first-order chi connectivity index (χ1) is 9.82. The van der Waals surface area contributed by atoms with Crippen LogP contribution < -0.4 is 4.90 Å².